The van der Waals surface area contributed by atoms with Crippen LogP contribution in [-0.2, 0) is 17.7 Å². The average molecular weight is 489 g/mol. The molecule has 0 aromatic heterocycles. The number of rotatable bonds is 28. The fraction of sp³-hybridized carbons (Fsp3) is 1.00. The molecule has 0 spiro atoms. The summed E-state index contributed by atoms with van der Waals surface area (Å²) in [6, 6.07) is 0. The summed E-state index contributed by atoms with van der Waals surface area (Å²) in [5.74, 6) is 0. The zero-order valence-electron chi connectivity index (χ0n) is 23.1. The van der Waals surface area contributed by atoms with Gasteiger partial charge in [0.15, 0.2) is 0 Å². The second kappa shape index (κ2) is 26.7. The highest BCUT2D eigenvalue weighted by molar-refractivity contribution is 6.53. The molecule has 0 aliphatic carbocycles. The molecule has 0 amide bonds. The zero-order chi connectivity index (χ0) is 24.3. The van der Waals surface area contributed by atoms with Crippen molar-refractivity contribution in [2.24, 2.45) is 0 Å². The summed E-state index contributed by atoms with van der Waals surface area (Å²) in [7, 11) is -3.04. The van der Waals surface area contributed by atoms with E-state index < -0.39 is 9.05 Å². The quantitative estimate of drug-likeness (QED) is 0.0811. The van der Waals surface area contributed by atoms with Crippen molar-refractivity contribution in [1.29, 1.82) is 0 Å². The van der Waals surface area contributed by atoms with Gasteiger partial charge in [-0.05, 0) is 25.7 Å². The topological polar surface area (TPSA) is 36.9 Å². The van der Waals surface area contributed by atoms with E-state index >= 15 is 0 Å². The summed E-state index contributed by atoms with van der Waals surface area (Å²) < 4.78 is 25.1. The van der Waals surface area contributed by atoms with Crippen LogP contribution in [0.15, 0.2) is 0 Å². The Bertz CT molecular complexity index is 334. The van der Waals surface area contributed by atoms with Crippen molar-refractivity contribution in [3.8, 4) is 0 Å². The number of hydrogen-bond donors (Lipinski definition) is 0. The lowest BCUT2D eigenvalue weighted by Crippen LogP contribution is -2.50. The number of hydrogen-bond acceptors (Lipinski definition) is 4. The predicted octanol–water partition coefficient (Wildman–Crippen LogP) is 9.37. The first-order valence-corrected chi connectivity index (χ1v) is 16.4. The lowest BCUT2D eigenvalue weighted by atomic mass is 10.1. The van der Waals surface area contributed by atoms with Crippen LogP contribution >= 0.6 is 0 Å². The highest BCUT2D eigenvalue weighted by Crippen LogP contribution is 2.17. The Morgan fingerprint density at radius 3 is 0.848 bits per heavy atom. The second-order valence-corrected chi connectivity index (χ2v) is 11.7. The van der Waals surface area contributed by atoms with Crippen molar-refractivity contribution in [1.82, 2.24) is 0 Å². The van der Waals surface area contributed by atoms with Crippen molar-refractivity contribution in [2.45, 2.75) is 156 Å². The van der Waals surface area contributed by atoms with Crippen molar-refractivity contribution in [3.05, 3.63) is 0 Å². The largest absolute Gasteiger partial charge is 0.679 e. The molecule has 0 unspecified atom stereocenters. The van der Waals surface area contributed by atoms with E-state index in [1.54, 1.807) is 0 Å². The van der Waals surface area contributed by atoms with Gasteiger partial charge >= 0.3 is 9.05 Å². The van der Waals surface area contributed by atoms with Crippen molar-refractivity contribution in [2.75, 3.05) is 26.4 Å². The van der Waals surface area contributed by atoms with Crippen LogP contribution in [0.3, 0.4) is 0 Å². The molecule has 0 saturated carbocycles. The van der Waals surface area contributed by atoms with Crippen LogP contribution in [0.2, 0.25) is 0 Å². The Hall–Kier alpha value is 0.0569. The molecule has 0 aliphatic rings. The molecule has 0 rings (SSSR count). The van der Waals surface area contributed by atoms with Gasteiger partial charge in [0, 0.05) is 26.4 Å². The van der Waals surface area contributed by atoms with Crippen molar-refractivity contribution in [3.63, 3.8) is 0 Å². The van der Waals surface area contributed by atoms with E-state index in [1.807, 2.05) is 0 Å². The van der Waals surface area contributed by atoms with Gasteiger partial charge in [0.05, 0.1) is 0 Å². The van der Waals surface area contributed by atoms with Crippen molar-refractivity contribution >= 4 is 9.05 Å². The molecule has 0 saturated heterocycles. The molecule has 0 radical (unpaired) electrons. The van der Waals surface area contributed by atoms with Gasteiger partial charge in [-0.15, -0.1) is 0 Å². The maximum atomic E-state index is 6.31. The first-order valence-electron chi connectivity index (χ1n) is 14.8. The average Bonchev–Trinajstić information content (AvgIpc) is 2.82. The monoisotopic (exact) mass is 488 g/mol. The van der Waals surface area contributed by atoms with Crippen LogP contribution in [0, 0.1) is 0 Å². The van der Waals surface area contributed by atoms with Gasteiger partial charge in [-0.25, -0.2) is 0 Å². The third-order valence-electron chi connectivity index (χ3n) is 6.11. The Labute approximate surface area is 209 Å². The minimum atomic E-state index is -3.04. The van der Waals surface area contributed by atoms with Gasteiger partial charge in [-0.2, -0.15) is 0 Å². The van der Waals surface area contributed by atoms with Crippen LogP contribution in [0.1, 0.15) is 156 Å². The molecule has 0 bridgehead atoms. The zero-order valence-corrected chi connectivity index (χ0v) is 24.1. The fourth-order valence-corrected chi connectivity index (χ4v) is 5.88. The van der Waals surface area contributed by atoms with Crippen LogP contribution in [0.5, 0.6) is 0 Å². The molecule has 0 aromatic carbocycles. The number of unbranched alkanes of at least 4 members (excludes halogenated alkanes) is 16. The van der Waals surface area contributed by atoms with Gasteiger partial charge in [-0.3, -0.25) is 0 Å². The summed E-state index contributed by atoms with van der Waals surface area (Å²) in [5.41, 5.74) is 0. The van der Waals surface area contributed by atoms with E-state index in [9.17, 15) is 0 Å². The minimum absolute atomic E-state index is 0.670. The van der Waals surface area contributed by atoms with Gasteiger partial charge in [0.25, 0.3) is 0 Å². The Balaban J connectivity index is 4.39. The maximum Gasteiger partial charge on any atom is 0.679 e. The highest BCUT2D eigenvalue weighted by Gasteiger charge is 2.45. The van der Waals surface area contributed by atoms with Gasteiger partial charge < -0.3 is 17.7 Å². The van der Waals surface area contributed by atoms with E-state index in [4.69, 9.17) is 17.7 Å². The molecule has 0 aromatic rings. The maximum absolute atomic E-state index is 6.31. The molecular formula is C28H60O4Si. The first kappa shape index (κ1) is 33.1. The molecule has 0 heterocycles. The van der Waals surface area contributed by atoms with E-state index in [0.717, 1.165) is 38.5 Å². The molecule has 5 heteroatoms. The molecule has 200 valence electrons. The van der Waals surface area contributed by atoms with Gasteiger partial charge in [-0.1, -0.05) is 130 Å². The third-order valence-corrected chi connectivity index (χ3v) is 8.34. The summed E-state index contributed by atoms with van der Waals surface area (Å²) in [6.07, 6.45) is 25.0. The molecule has 4 nitrogen and oxygen atoms in total. The fourth-order valence-electron chi connectivity index (χ4n) is 3.80. The normalized spacial score (nSPS) is 12.0. The molecule has 0 aliphatic heterocycles. The van der Waals surface area contributed by atoms with E-state index in [2.05, 4.69) is 27.7 Å². The third kappa shape index (κ3) is 22.3. The molecule has 33 heavy (non-hydrogen) atoms. The lowest BCUT2D eigenvalue weighted by Gasteiger charge is -2.28. The molecule has 0 N–H and O–H groups in total. The SMILES string of the molecule is CCCCCCCCCCO[Si](OCCCC)(OCCCC)OCCCCCCCCCC. The van der Waals surface area contributed by atoms with E-state index in [0.29, 0.717) is 26.4 Å². The standard InChI is InChI=1S/C28H60O4Si/c1-5-9-13-15-17-19-21-23-27-31-33(29-25-11-7-3,30-26-12-8-4)32-28-24-22-20-18-16-14-10-6-2/h5-28H2,1-4H3. The lowest BCUT2D eigenvalue weighted by molar-refractivity contribution is -0.0372. The summed E-state index contributed by atoms with van der Waals surface area (Å²) in [4.78, 5) is 0. The van der Waals surface area contributed by atoms with Gasteiger partial charge in [0.1, 0.15) is 0 Å². The van der Waals surface area contributed by atoms with E-state index in [-0.39, 0.29) is 0 Å². The van der Waals surface area contributed by atoms with Gasteiger partial charge in [0.2, 0.25) is 0 Å². The summed E-state index contributed by atoms with van der Waals surface area (Å²) >= 11 is 0. The smallest absolute Gasteiger partial charge is 0.351 e. The molecule has 0 fully saturated rings. The summed E-state index contributed by atoms with van der Waals surface area (Å²) in [5, 5.41) is 0. The van der Waals surface area contributed by atoms with Crippen LogP contribution in [0.4, 0.5) is 0 Å². The van der Waals surface area contributed by atoms with Crippen LogP contribution in [0.25, 0.3) is 0 Å². The van der Waals surface area contributed by atoms with Crippen LogP contribution < -0.4 is 0 Å². The summed E-state index contributed by atoms with van der Waals surface area (Å²) in [6.45, 7) is 11.6. The Morgan fingerprint density at radius 1 is 0.303 bits per heavy atom. The van der Waals surface area contributed by atoms with Crippen molar-refractivity contribution < 1.29 is 17.7 Å². The minimum Gasteiger partial charge on any atom is -0.351 e. The molecule has 0 atom stereocenters. The predicted molar refractivity (Wildman–Crippen MR) is 145 cm³/mol. The van der Waals surface area contributed by atoms with E-state index in [1.165, 1.54) is 89.9 Å². The Kier molecular flexibility index (Phi) is 26.7. The van der Waals surface area contributed by atoms with Crippen LogP contribution in [-0.4, -0.2) is 35.5 Å². The Morgan fingerprint density at radius 2 is 0.545 bits per heavy atom. The first-order chi connectivity index (χ1) is 16.2. The molecular weight excluding hydrogens is 428 g/mol. The highest BCUT2D eigenvalue weighted by atomic mass is 28.4. The second-order valence-electron chi connectivity index (χ2n) is 9.55.